The van der Waals surface area contributed by atoms with Gasteiger partial charge in [-0.1, -0.05) is 0 Å². The van der Waals surface area contributed by atoms with Crippen LogP contribution in [0.4, 0.5) is 21.6 Å². The van der Waals surface area contributed by atoms with E-state index in [4.69, 9.17) is 5.73 Å². The summed E-state index contributed by atoms with van der Waals surface area (Å²) in [5, 5.41) is 2.97. The summed E-state index contributed by atoms with van der Waals surface area (Å²) >= 11 is -1.45. The summed E-state index contributed by atoms with van der Waals surface area (Å²) in [5.74, 6) is -0.436. The summed E-state index contributed by atoms with van der Waals surface area (Å²) in [6.07, 6.45) is 1.49. The zero-order valence-corrected chi connectivity index (χ0v) is 22.7. The van der Waals surface area contributed by atoms with Gasteiger partial charge < -0.3 is 0 Å². The molecule has 36 heavy (non-hydrogen) atoms. The van der Waals surface area contributed by atoms with Crippen LogP contribution in [-0.4, -0.2) is 29.9 Å². The fourth-order valence-corrected chi connectivity index (χ4v) is 5.77. The van der Waals surface area contributed by atoms with Gasteiger partial charge in [0, 0.05) is 0 Å². The number of carbonyl (C=O) groups excluding carboxylic acids is 1. The Labute approximate surface area is 216 Å². The van der Waals surface area contributed by atoms with E-state index >= 15 is 4.39 Å². The van der Waals surface area contributed by atoms with Crippen molar-refractivity contribution >= 4 is 41.9 Å². The van der Waals surface area contributed by atoms with Gasteiger partial charge >= 0.3 is 216 Å². The van der Waals surface area contributed by atoms with E-state index in [1.54, 1.807) is 49.5 Å². The summed E-state index contributed by atoms with van der Waals surface area (Å²) in [7, 11) is 1.58. The molecule has 4 aromatic rings. The van der Waals surface area contributed by atoms with Crippen LogP contribution in [0.1, 0.15) is 36.7 Å². The van der Waals surface area contributed by atoms with E-state index in [-0.39, 0.29) is 32.6 Å². The zero-order chi connectivity index (χ0) is 26.0. The minimum atomic E-state index is -1.45. The third-order valence-electron chi connectivity index (χ3n) is 5.76. The Hall–Kier alpha value is -3.70. The number of benzene rings is 3. The molecule has 1 atom stereocenters. The van der Waals surface area contributed by atoms with Gasteiger partial charge in [-0.15, -0.1) is 0 Å². The van der Waals surface area contributed by atoms with Crippen molar-refractivity contribution in [2.45, 2.75) is 26.2 Å². The van der Waals surface area contributed by atoms with Crippen molar-refractivity contribution in [1.29, 1.82) is 0 Å². The number of anilines is 3. The summed E-state index contributed by atoms with van der Waals surface area (Å²) in [6, 6.07) is 19.4. The van der Waals surface area contributed by atoms with Gasteiger partial charge in [-0.3, -0.25) is 0 Å². The van der Waals surface area contributed by atoms with E-state index in [9.17, 15) is 9.59 Å². The van der Waals surface area contributed by atoms with Crippen LogP contribution < -0.4 is 21.0 Å². The van der Waals surface area contributed by atoms with Crippen molar-refractivity contribution < 1.29 is 9.18 Å². The molecule has 3 N–H and O–H groups in total. The van der Waals surface area contributed by atoms with Gasteiger partial charge in [0.25, 0.3) is 0 Å². The molecule has 1 heterocycles. The SMILES string of the molecule is Cn1cc(-c2cccc([AsH]C(=O)c3ccc(C(C)(C)C)cc3)c2F)nc(Nc2cccc(N)c2)c1=O. The first kappa shape index (κ1) is 25.4. The number of hydrogen-bond acceptors (Lipinski definition) is 5. The van der Waals surface area contributed by atoms with Crippen molar-refractivity contribution in [1.82, 2.24) is 9.55 Å². The average Bonchev–Trinajstić information content (AvgIpc) is 2.83. The van der Waals surface area contributed by atoms with E-state index in [1.807, 2.05) is 24.3 Å². The van der Waals surface area contributed by atoms with Gasteiger partial charge in [0.15, 0.2) is 0 Å². The molecule has 4 rings (SSSR count). The second kappa shape index (κ2) is 10.1. The predicted octanol–water partition coefficient (Wildman–Crippen LogP) is 4.11. The molecular weight excluding hydrogens is 518 g/mol. The number of nitrogens with one attached hydrogen (secondary N) is 1. The maximum absolute atomic E-state index is 15.6. The van der Waals surface area contributed by atoms with E-state index in [1.165, 1.54) is 10.8 Å². The minimum absolute atomic E-state index is 0.0120. The molecule has 184 valence electrons. The first-order valence-corrected chi connectivity index (χ1v) is 13.5. The Morgan fingerprint density at radius 1 is 1.06 bits per heavy atom. The van der Waals surface area contributed by atoms with Crippen LogP contribution in [0.15, 0.2) is 77.7 Å². The second-order valence-corrected chi connectivity index (χ2v) is 12.2. The molecule has 0 aliphatic carbocycles. The van der Waals surface area contributed by atoms with Crippen LogP contribution in [0.25, 0.3) is 11.3 Å². The summed E-state index contributed by atoms with van der Waals surface area (Å²) in [5.41, 5.74) is 8.83. The van der Waals surface area contributed by atoms with Gasteiger partial charge in [-0.25, -0.2) is 0 Å². The van der Waals surface area contributed by atoms with E-state index in [0.29, 0.717) is 21.3 Å². The summed E-state index contributed by atoms with van der Waals surface area (Å²) in [4.78, 5) is 30.0. The first-order chi connectivity index (χ1) is 17.0. The maximum atomic E-state index is 15.6. The third kappa shape index (κ3) is 5.58. The third-order valence-corrected chi connectivity index (χ3v) is 8.21. The fourth-order valence-electron chi connectivity index (χ4n) is 3.71. The number of nitrogens with two attached hydrogens (primary N) is 1. The van der Waals surface area contributed by atoms with Crippen LogP contribution >= 0.6 is 0 Å². The van der Waals surface area contributed by atoms with E-state index in [2.05, 4.69) is 31.1 Å². The van der Waals surface area contributed by atoms with Crippen LogP contribution in [0.5, 0.6) is 0 Å². The van der Waals surface area contributed by atoms with Gasteiger partial charge in [-0.2, -0.15) is 0 Å². The van der Waals surface area contributed by atoms with Crippen molar-refractivity contribution in [3.05, 3.63) is 100 Å². The standard InChI is InChI=1S/C28H28AsFN4O2/c1-28(2,3)18-13-11-17(12-14-18)25(35)29-22-10-6-9-21(24(22)30)23-16-34(4)27(36)26(33-23)32-20-8-5-7-19(31)15-20/h5-16,29H,31H2,1-4H3,(H,32,33). The molecule has 1 aromatic heterocycles. The molecule has 0 radical (unpaired) electrons. The van der Waals surface area contributed by atoms with Gasteiger partial charge in [-0.05, 0) is 0 Å². The molecular formula is C28H28AsFN4O2. The summed E-state index contributed by atoms with van der Waals surface area (Å²) in [6.45, 7) is 6.34. The number of hydrogen-bond donors (Lipinski definition) is 2. The topological polar surface area (TPSA) is 90.0 Å². The molecule has 0 saturated carbocycles. The second-order valence-electron chi connectivity index (χ2n) is 9.59. The van der Waals surface area contributed by atoms with Crippen LogP contribution in [0.2, 0.25) is 0 Å². The van der Waals surface area contributed by atoms with E-state index in [0.717, 1.165) is 5.56 Å². The summed E-state index contributed by atoms with van der Waals surface area (Å²) < 4.78 is 17.3. The van der Waals surface area contributed by atoms with Gasteiger partial charge in [0.05, 0.1) is 0 Å². The Morgan fingerprint density at radius 3 is 2.42 bits per heavy atom. The molecule has 8 heteroatoms. The molecule has 0 aliphatic heterocycles. The number of aryl methyl sites for hydroxylation is 1. The Balaban J connectivity index is 1.63. The van der Waals surface area contributed by atoms with Crippen molar-refractivity contribution in [3.8, 4) is 11.3 Å². The molecule has 0 bridgehead atoms. The first-order valence-electron chi connectivity index (χ1n) is 11.4. The molecule has 0 saturated heterocycles. The number of rotatable bonds is 6. The average molecular weight is 546 g/mol. The molecule has 0 spiro atoms. The number of halogens is 1. The number of nitrogens with zero attached hydrogens (tertiary/aromatic N) is 2. The predicted molar refractivity (Wildman–Crippen MR) is 145 cm³/mol. The molecule has 0 amide bonds. The molecule has 0 aliphatic rings. The van der Waals surface area contributed by atoms with Gasteiger partial charge in [0.2, 0.25) is 0 Å². The van der Waals surface area contributed by atoms with Crippen LogP contribution in [0, 0.1) is 5.82 Å². The Kier molecular flexibility index (Phi) is 7.13. The number of nitrogen functional groups attached to an aromatic ring is 1. The van der Waals surface area contributed by atoms with E-state index < -0.39 is 21.6 Å². The van der Waals surface area contributed by atoms with Gasteiger partial charge in [0.1, 0.15) is 0 Å². The zero-order valence-electron chi connectivity index (χ0n) is 20.6. The Bertz CT molecular complexity index is 1490. The molecule has 0 fully saturated rings. The number of carbonyl (C=O) groups is 1. The van der Waals surface area contributed by atoms with Crippen molar-refractivity contribution in [2.75, 3.05) is 11.1 Å². The quantitative estimate of drug-likeness (QED) is 0.281. The van der Waals surface area contributed by atoms with Crippen LogP contribution in [-0.2, 0) is 12.5 Å². The van der Waals surface area contributed by atoms with Crippen molar-refractivity contribution in [3.63, 3.8) is 0 Å². The van der Waals surface area contributed by atoms with Crippen molar-refractivity contribution in [2.24, 2.45) is 7.05 Å². The fraction of sp³-hybridized carbons (Fsp3) is 0.179. The number of aromatic nitrogens is 2. The normalized spacial score (nSPS) is 11.7. The Morgan fingerprint density at radius 2 is 1.75 bits per heavy atom. The van der Waals surface area contributed by atoms with Crippen LogP contribution in [0.3, 0.4) is 0 Å². The monoisotopic (exact) mass is 546 g/mol. The molecule has 6 nitrogen and oxygen atoms in total. The molecule has 3 aromatic carbocycles. The molecule has 1 unspecified atom stereocenters.